The second-order valence-corrected chi connectivity index (χ2v) is 6.61. The Balaban J connectivity index is 3.90. The van der Waals surface area contributed by atoms with Gasteiger partial charge in [0.05, 0.1) is 16.7 Å². The maximum atomic E-state index is 11.9. The average molecular weight is 599 g/mol. The van der Waals surface area contributed by atoms with Crippen LogP contribution in [0.1, 0.15) is 31.1 Å². The first-order valence-corrected chi connectivity index (χ1v) is 7.99. The van der Waals surface area contributed by atoms with Crippen molar-refractivity contribution < 1.29 is 14.4 Å². The van der Waals surface area contributed by atoms with Gasteiger partial charge < -0.3 is 16.8 Å². The van der Waals surface area contributed by atoms with E-state index in [2.05, 4.69) is 5.32 Å². The molecule has 0 atom stereocenters. The molecule has 0 bridgehead atoms. The van der Waals surface area contributed by atoms with Gasteiger partial charge in [0.25, 0.3) is 17.7 Å². The molecule has 0 aliphatic heterocycles. The van der Waals surface area contributed by atoms with E-state index in [1.54, 1.807) is 0 Å². The molecule has 102 valence electrons. The standard InChI is InChI=1S/C10H8I3N3O3/c1-16-10(19)4-6(12)2(8(14)17)5(11)3(7(4)13)9(15)18/h1H3,(H2,14,17)(H2,15,18)(H,16,19). The third-order valence-electron chi connectivity index (χ3n) is 2.26. The number of amides is 3. The van der Waals surface area contributed by atoms with Crippen LogP contribution in [0.4, 0.5) is 0 Å². The van der Waals surface area contributed by atoms with Crippen molar-refractivity contribution in [1.29, 1.82) is 0 Å². The number of carbonyl (C=O) groups is 3. The van der Waals surface area contributed by atoms with Crippen molar-refractivity contribution in [2.75, 3.05) is 7.05 Å². The van der Waals surface area contributed by atoms with Crippen molar-refractivity contribution in [3.05, 3.63) is 27.4 Å². The molecular weight excluding hydrogens is 591 g/mol. The largest absolute Gasteiger partial charge is 0.366 e. The zero-order valence-electron chi connectivity index (χ0n) is 9.51. The topological polar surface area (TPSA) is 115 Å². The number of halogens is 3. The van der Waals surface area contributed by atoms with Crippen molar-refractivity contribution in [1.82, 2.24) is 5.32 Å². The number of rotatable bonds is 3. The molecule has 6 nitrogen and oxygen atoms in total. The summed E-state index contributed by atoms with van der Waals surface area (Å²) in [7, 11) is 1.46. The summed E-state index contributed by atoms with van der Waals surface area (Å²) in [5.74, 6) is -1.83. The molecule has 0 heterocycles. The minimum Gasteiger partial charge on any atom is -0.366 e. The van der Waals surface area contributed by atoms with Gasteiger partial charge in [0.1, 0.15) is 0 Å². The molecule has 1 aromatic carbocycles. The molecule has 0 aromatic heterocycles. The second-order valence-electron chi connectivity index (χ2n) is 3.37. The quantitative estimate of drug-likeness (QED) is 0.452. The van der Waals surface area contributed by atoms with E-state index >= 15 is 0 Å². The molecule has 1 rings (SSSR count). The van der Waals surface area contributed by atoms with Crippen LogP contribution in [0.3, 0.4) is 0 Å². The van der Waals surface area contributed by atoms with Gasteiger partial charge in [-0.15, -0.1) is 0 Å². The molecule has 3 amide bonds. The van der Waals surface area contributed by atoms with E-state index < -0.39 is 17.7 Å². The third kappa shape index (κ3) is 3.12. The Morgan fingerprint density at radius 3 is 1.42 bits per heavy atom. The van der Waals surface area contributed by atoms with Crippen molar-refractivity contribution in [3.8, 4) is 0 Å². The molecule has 0 radical (unpaired) electrons. The highest BCUT2D eigenvalue weighted by Gasteiger charge is 2.28. The number of hydrogen-bond acceptors (Lipinski definition) is 3. The summed E-state index contributed by atoms with van der Waals surface area (Å²) in [6, 6.07) is 0. The molecule has 5 N–H and O–H groups in total. The van der Waals surface area contributed by atoms with Gasteiger partial charge in [0.2, 0.25) is 0 Å². The lowest BCUT2D eigenvalue weighted by atomic mass is 10.0. The SMILES string of the molecule is CNC(=O)c1c(I)c(C(N)=O)c(I)c(C(N)=O)c1I. The van der Waals surface area contributed by atoms with Crippen LogP contribution in [0.2, 0.25) is 0 Å². The van der Waals surface area contributed by atoms with E-state index in [0.717, 1.165) is 0 Å². The fourth-order valence-electron chi connectivity index (χ4n) is 1.42. The van der Waals surface area contributed by atoms with Crippen LogP contribution < -0.4 is 16.8 Å². The summed E-state index contributed by atoms with van der Waals surface area (Å²) >= 11 is 5.56. The Hall–Kier alpha value is -0.180. The molecule has 0 fully saturated rings. The van der Waals surface area contributed by atoms with Crippen LogP contribution in [0.5, 0.6) is 0 Å². The minimum absolute atomic E-state index is 0.133. The number of carbonyl (C=O) groups excluding carboxylic acids is 3. The Bertz CT molecular complexity index is 560. The van der Waals surface area contributed by atoms with Crippen LogP contribution in [0.15, 0.2) is 0 Å². The van der Waals surface area contributed by atoms with Crippen LogP contribution in [0.25, 0.3) is 0 Å². The smallest absolute Gasteiger partial charge is 0.253 e. The average Bonchev–Trinajstić information content (AvgIpc) is 2.26. The van der Waals surface area contributed by atoms with Crippen molar-refractivity contribution in [3.63, 3.8) is 0 Å². The first-order valence-electron chi connectivity index (χ1n) is 4.76. The van der Waals surface area contributed by atoms with Crippen LogP contribution in [0, 0.1) is 10.7 Å². The van der Waals surface area contributed by atoms with Crippen LogP contribution in [-0.2, 0) is 0 Å². The van der Waals surface area contributed by atoms with E-state index in [9.17, 15) is 14.4 Å². The summed E-state index contributed by atoms with van der Waals surface area (Å²) in [6.45, 7) is 0. The number of nitrogens with one attached hydrogen (secondary N) is 1. The first-order chi connectivity index (χ1) is 8.73. The molecule has 0 spiro atoms. The Morgan fingerprint density at radius 2 is 1.16 bits per heavy atom. The molecule has 0 aliphatic carbocycles. The molecule has 19 heavy (non-hydrogen) atoms. The maximum Gasteiger partial charge on any atom is 0.253 e. The van der Waals surface area contributed by atoms with Gasteiger partial charge in [0, 0.05) is 17.8 Å². The highest BCUT2D eigenvalue weighted by Crippen LogP contribution is 2.31. The molecular formula is C10H8I3N3O3. The Morgan fingerprint density at radius 1 is 0.842 bits per heavy atom. The van der Waals surface area contributed by atoms with E-state index in [1.165, 1.54) is 7.05 Å². The predicted molar refractivity (Wildman–Crippen MR) is 95.0 cm³/mol. The molecule has 0 saturated carbocycles. The monoisotopic (exact) mass is 599 g/mol. The Kier molecular flexibility index (Phi) is 5.78. The minimum atomic E-state index is -0.710. The van der Waals surface area contributed by atoms with Crippen molar-refractivity contribution >= 4 is 85.5 Å². The fourth-order valence-corrected chi connectivity index (χ4v) is 6.14. The summed E-state index contributed by atoms with van der Waals surface area (Å²) in [4.78, 5) is 34.9. The lowest BCUT2D eigenvalue weighted by Gasteiger charge is -2.15. The lowest BCUT2D eigenvalue weighted by Crippen LogP contribution is -2.28. The van der Waals surface area contributed by atoms with Gasteiger partial charge in [-0.1, -0.05) is 0 Å². The number of primary amides is 2. The molecule has 9 heteroatoms. The van der Waals surface area contributed by atoms with Crippen LogP contribution in [-0.4, -0.2) is 24.8 Å². The van der Waals surface area contributed by atoms with Crippen molar-refractivity contribution in [2.24, 2.45) is 11.5 Å². The highest BCUT2D eigenvalue weighted by atomic mass is 127. The van der Waals surface area contributed by atoms with Gasteiger partial charge in [-0.25, -0.2) is 0 Å². The summed E-state index contributed by atoms with van der Waals surface area (Å²) in [5.41, 5.74) is 11.1. The predicted octanol–water partition coefficient (Wildman–Crippen LogP) is 1.06. The zero-order chi connectivity index (χ0) is 14.9. The molecule has 0 unspecified atom stereocenters. The Labute approximate surface area is 149 Å². The molecule has 0 saturated heterocycles. The number of benzene rings is 1. The van der Waals surface area contributed by atoms with E-state index in [4.69, 9.17) is 11.5 Å². The summed E-state index contributed by atoms with van der Waals surface area (Å²) in [5, 5.41) is 2.46. The lowest BCUT2D eigenvalue weighted by molar-refractivity contribution is 0.0961. The van der Waals surface area contributed by atoms with Gasteiger partial charge in [-0.2, -0.15) is 0 Å². The van der Waals surface area contributed by atoms with Crippen molar-refractivity contribution in [2.45, 2.75) is 0 Å². The number of nitrogens with two attached hydrogens (primary N) is 2. The molecule has 0 aliphatic rings. The van der Waals surface area contributed by atoms with Gasteiger partial charge in [0.15, 0.2) is 0 Å². The summed E-state index contributed by atoms with van der Waals surface area (Å²) in [6.07, 6.45) is 0. The fraction of sp³-hybridized carbons (Fsp3) is 0.100. The van der Waals surface area contributed by atoms with E-state index in [-0.39, 0.29) is 16.7 Å². The van der Waals surface area contributed by atoms with E-state index in [1.807, 2.05) is 67.8 Å². The first kappa shape index (κ1) is 16.9. The highest BCUT2D eigenvalue weighted by molar-refractivity contribution is 14.1. The summed E-state index contributed by atoms with van der Waals surface area (Å²) < 4.78 is 1.17. The normalized spacial score (nSPS) is 10.1. The van der Waals surface area contributed by atoms with Gasteiger partial charge in [-0.05, 0) is 67.8 Å². The second kappa shape index (κ2) is 6.51. The van der Waals surface area contributed by atoms with Crippen LogP contribution >= 0.6 is 67.8 Å². The number of hydrogen-bond donors (Lipinski definition) is 3. The molecule has 1 aromatic rings. The zero-order valence-corrected chi connectivity index (χ0v) is 16.0. The van der Waals surface area contributed by atoms with Gasteiger partial charge >= 0.3 is 0 Å². The van der Waals surface area contributed by atoms with Gasteiger partial charge in [-0.3, -0.25) is 14.4 Å². The maximum absolute atomic E-state index is 11.9. The third-order valence-corrected chi connectivity index (χ3v) is 5.50. The van der Waals surface area contributed by atoms with E-state index in [0.29, 0.717) is 10.7 Å².